The maximum atomic E-state index is 12.9. The molecule has 7 nitrogen and oxygen atoms in total. The summed E-state index contributed by atoms with van der Waals surface area (Å²) in [6.45, 7) is 3.26. The number of para-hydroxylation sites is 1. The van der Waals surface area contributed by atoms with E-state index in [-0.39, 0.29) is 23.1 Å². The Bertz CT molecular complexity index is 931. The summed E-state index contributed by atoms with van der Waals surface area (Å²) in [4.78, 5) is 11.6. The molecule has 2 aromatic carbocycles. The number of sulfonamides is 1. The van der Waals surface area contributed by atoms with Gasteiger partial charge in [0.25, 0.3) is 15.9 Å². The van der Waals surface area contributed by atoms with Gasteiger partial charge in [-0.1, -0.05) is 6.07 Å². The third kappa shape index (κ3) is 3.25. The molecule has 0 unspecified atom stereocenters. The predicted molar refractivity (Wildman–Crippen MR) is 93.8 cm³/mol. The molecular formula is C17H18N2O5S. The van der Waals surface area contributed by atoms with Crippen molar-refractivity contribution in [3.05, 3.63) is 41.5 Å². The van der Waals surface area contributed by atoms with Crippen LogP contribution < -0.4 is 19.5 Å². The van der Waals surface area contributed by atoms with E-state index in [9.17, 15) is 13.2 Å². The second-order valence-electron chi connectivity index (χ2n) is 5.71. The van der Waals surface area contributed by atoms with Gasteiger partial charge in [0.2, 0.25) is 0 Å². The van der Waals surface area contributed by atoms with Crippen molar-refractivity contribution in [1.29, 1.82) is 0 Å². The highest BCUT2D eigenvalue weighted by molar-refractivity contribution is 7.92. The molecule has 8 heteroatoms. The minimum Gasteiger partial charge on any atom is -0.497 e. The van der Waals surface area contributed by atoms with Gasteiger partial charge in [0, 0.05) is 0 Å². The zero-order valence-electron chi connectivity index (χ0n) is 14.0. The number of rotatable bonds is 4. The average molecular weight is 362 g/mol. The second-order valence-corrected chi connectivity index (χ2v) is 7.33. The fourth-order valence-corrected chi connectivity index (χ4v) is 4.36. The summed E-state index contributed by atoms with van der Waals surface area (Å²) in [6.07, 6.45) is 0. The first-order chi connectivity index (χ1) is 11.8. The number of methoxy groups -OCH3 is 1. The number of hydrogen-bond donors (Lipinski definition) is 2. The molecule has 0 radical (unpaired) electrons. The zero-order chi connectivity index (χ0) is 18.2. The third-order valence-electron chi connectivity index (χ3n) is 3.82. The summed E-state index contributed by atoms with van der Waals surface area (Å²) in [5.74, 6) is 0.612. The minimum atomic E-state index is -3.84. The number of benzene rings is 2. The number of carbonyl (C=O) groups excluding carboxylic acids is 1. The quantitative estimate of drug-likeness (QED) is 0.871. The molecule has 0 bridgehead atoms. The van der Waals surface area contributed by atoms with E-state index in [0.29, 0.717) is 28.3 Å². The van der Waals surface area contributed by atoms with E-state index in [4.69, 9.17) is 9.47 Å². The number of nitrogens with one attached hydrogen (secondary N) is 2. The molecule has 132 valence electrons. The van der Waals surface area contributed by atoms with Gasteiger partial charge in [-0.2, -0.15) is 0 Å². The Morgan fingerprint density at radius 3 is 2.52 bits per heavy atom. The van der Waals surface area contributed by atoms with Gasteiger partial charge in [0.05, 0.1) is 23.4 Å². The van der Waals surface area contributed by atoms with Crippen LogP contribution in [0.25, 0.3) is 0 Å². The van der Waals surface area contributed by atoms with Crippen molar-refractivity contribution in [3.63, 3.8) is 0 Å². The Balaban J connectivity index is 2.02. The molecule has 3 rings (SSSR count). The summed E-state index contributed by atoms with van der Waals surface area (Å²) >= 11 is 0. The summed E-state index contributed by atoms with van der Waals surface area (Å²) in [5, 5.41) is 2.65. The summed E-state index contributed by atoms with van der Waals surface area (Å²) in [6, 6.07) is 8.20. The lowest BCUT2D eigenvalue weighted by Gasteiger charge is -2.21. The molecule has 0 saturated heterocycles. The molecule has 2 aromatic rings. The van der Waals surface area contributed by atoms with Crippen LogP contribution in [0.2, 0.25) is 0 Å². The molecule has 1 aliphatic heterocycles. The Hall–Kier alpha value is -2.74. The normalized spacial score (nSPS) is 13.5. The molecule has 2 N–H and O–H groups in total. The summed E-state index contributed by atoms with van der Waals surface area (Å²) in [5.41, 5.74) is 1.85. The molecule has 0 fully saturated rings. The smallest absolute Gasteiger partial charge is 0.262 e. The van der Waals surface area contributed by atoms with E-state index in [1.165, 1.54) is 7.11 Å². The van der Waals surface area contributed by atoms with Crippen LogP contribution in [0.15, 0.2) is 35.2 Å². The zero-order valence-corrected chi connectivity index (χ0v) is 14.9. The maximum absolute atomic E-state index is 12.9. The van der Waals surface area contributed by atoms with Gasteiger partial charge >= 0.3 is 0 Å². The van der Waals surface area contributed by atoms with E-state index in [0.717, 1.165) is 0 Å². The van der Waals surface area contributed by atoms with Crippen LogP contribution in [-0.2, 0) is 14.8 Å². The van der Waals surface area contributed by atoms with Crippen LogP contribution in [-0.4, -0.2) is 28.0 Å². The van der Waals surface area contributed by atoms with Gasteiger partial charge in [-0.05, 0) is 49.2 Å². The van der Waals surface area contributed by atoms with Crippen molar-refractivity contribution >= 4 is 27.3 Å². The molecular weight excluding hydrogens is 344 g/mol. The highest BCUT2D eigenvalue weighted by Gasteiger charge is 2.25. The van der Waals surface area contributed by atoms with E-state index < -0.39 is 10.0 Å². The van der Waals surface area contributed by atoms with Crippen molar-refractivity contribution < 1.29 is 22.7 Å². The monoisotopic (exact) mass is 362 g/mol. The fourth-order valence-electron chi connectivity index (χ4n) is 2.84. The van der Waals surface area contributed by atoms with Gasteiger partial charge in [0.15, 0.2) is 12.4 Å². The highest BCUT2D eigenvalue weighted by atomic mass is 32.2. The van der Waals surface area contributed by atoms with Crippen LogP contribution in [0.3, 0.4) is 0 Å². The average Bonchev–Trinajstić information content (AvgIpc) is 2.53. The van der Waals surface area contributed by atoms with E-state index in [1.54, 1.807) is 44.2 Å². The Kier molecular flexibility index (Phi) is 4.30. The van der Waals surface area contributed by atoms with E-state index in [1.807, 2.05) is 0 Å². The number of anilines is 2. The number of hydrogen-bond acceptors (Lipinski definition) is 5. The first-order valence-electron chi connectivity index (χ1n) is 7.55. The molecule has 1 aliphatic rings. The number of aryl methyl sites for hydroxylation is 2. The highest BCUT2D eigenvalue weighted by Crippen LogP contribution is 2.37. The number of carbonyl (C=O) groups is 1. The lowest BCUT2D eigenvalue weighted by Crippen LogP contribution is -2.26. The Labute approximate surface area is 146 Å². The first kappa shape index (κ1) is 17.1. The van der Waals surface area contributed by atoms with Crippen LogP contribution in [0.1, 0.15) is 11.1 Å². The van der Waals surface area contributed by atoms with Gasteiger partial charge in [-0.3, -0.25) is 9.52 Å². The first-order valence-corrected chi connectivity index (χ1v) is 9.04. The van der Waals surface area contributed by atoms with E-state index in [2.05, 4.69) is 10.0 Å². The molecule has 0 aliphatic carbocycles. The van der Waals surface area contributed by atoms with Crippen LogP contribution in [0.4, 0.5) is 11.4 Å². The summed E-state index contributed by atoms with van der Waals surface area (Å²) in [7, 11) is -2.31. The maximum Gasteiger partial charge on any atom is 0.262 e. The van der Waals surface area contributed by atoms with Crippen LogP contribution in [0.5, 0.6) is 11.5 Å². The lowest BCUT2D eigenvalue weighted by atomic mass is 10.1. The molecule has 0 aromatic heterocycles. The lowest BCUT2D eigenvalue weighted by molar-refractivity contribution is -0.118. The van der Waals surface area contributed by atoms with Gasteiger partial charge in [-0.25, -0.2) is 8.42 Å². The molecule has 0 atom stereocenters. The Morgan fingerprint density at radius 2 is 1.88 bits per heavy atom. The minimum absolute atomic E-state index is 0.160. The van der Waals surface area contributed by atoms with Gasteiger partial charge in [0.1, 0.15) is 5.75 Å². The van der Waals surface area contributed by atoms with Crippen molar-refractivity contribution in [3.8, 4) is 11.5 Å². The largest absolute Gasteiger partial charge is 0.497 e. The molecule has 1 amide bonds. The molecule has 1 heterocycles. The third-order valence-corrected chi connectivity index (χ3v) is 5.49. The SMILES string of the molecule is COc1cc(C)c(S(=O)(=O)Nc2cccc3c2OCC(=O)N3)c(C)c1. The van der Waals surface area contributed by atoms with Crippen molar-refractivity contribution in [2.75, 3.05) is 23.8 Å². The van der Waals surface area contributed by atoms with Crippen molar-refractivity contribution in [2.24, 2.45) is 0 Å². The molecule has 0 spiro atoms. The molecule has 25 heavy (non-hydrogen) atoms. The number of ether oxygens (including phenoxy) is 2. The van der Waals surface area contributed by atoms with Crippen LogP contribution >= 0.6 is 0 Å². The Morgan fingerprint density at radius 1 is 1.20 bits per heavy atom. The van der Waals surface area contributed by atoms with E-state index >= 15 is 0 Å². The fraction of sp³-hybridized carbons (Fsp3) is 0.235. The predicted octanol–water partition coefficient (Wildman–Crippen LogP) is 2.44. The second kappa shape index (κ2) is 6.29. The van der Waals surface area contributed by atoms with Crippen LogP contribution in [0, 0.1) is 13.8 Å². The summed E-state index contributed by atoms with van der Waals surface area (Å²) < 4.78 is 38.9. The number of fused-ring (bicyclic) bond motifs is 1. The van der Waals surface area contributed by atoms with Gasteiger partial charge < -0.3 is 14.8 Å². The standard InChI is InChI=1S/C17H18N2O5S/c1-10-7-12(23-3)8-11(2)17(10)25(21,22)19-14-6-4-5-13-16(14)24-9-15(20)18-13/h4-8,19H,9H2,1-3H3,(H,18,20). The number of amides is 1. The topological polar surface area (TPSA) is 93.7 Å². The van der Waals surface area contributed by atoms with Crippen molar-refractivity contribution in [2.45, 2.75) is 18.7 Å². The van der Waals surface area contributed by atoms with Gasteiger partial charge in [-0.15, -0.1) is 0 Å². The van der Waals surface area contributed by atoms with Crippen molar-refractivity contribution in [1.82, 2.24) is 0 Å². The molecule has 0 saturated carbocycles.